The number of para-hydroxylation sites is 2. The summed E-state index contributed by atoms with van der Waals surface area (Å²) in [5.74, 6) is 0. The fourth-order valence-electron chi connectivity index (χ4n) is 8.88. The Bertz CT molecular complexity index is 3290. The molecule has 0 saturated heterocycles. The molecule has 0 bridgehead atoms. The zero-order chi connectivity index (χ0) is 39.8. The largest absolute Gasteiger partial charge is 0.310 e. The molecule has 0 aliphatic carbocycles. The Hall–Kier alpha value is -7.94. The predicted molar refractivity (Wildman–Crippen MR) is 255 cm³/mol. The Kier molecular flexibility index (Phi) is 8.87. The zero-order valence-electron chi connectivity index (χ0n) is 33.0. The standard InChI is InChI=1S/C58H40N2/c1-4-16-41(17-5-1)44-30-33-49(34-31-44)59(55-26-14-12-24-51(55)45-21-8-3-9-22-45)50-35-37-54-53-25-13-15-27-56(53)60(58(54)40-50)57-39-47(42-18-6-2-7-19-42)32-36-52(57)48-29-28-43-20-10-11-23-46(43)38-48/h1-40H. The van der Waals surface area contributed by atoms with E-state index in [-0.39, 0.29) is 0 Å². The maximum absolute atomic E-state index is 2.49. The van der Waals surface area contributed by atoms with E-state index in [1.54, 1.807) is 0 Å². The van der Waals surface area contributed by atoms with Crippen LogP contribution in [0.1, 0.15) is 0 Å². The Balaban J connectivity index is 1.17. The van der Waals surface area contributed by atoms with Gasteiger partial charge in [0.25, 0.3) is 0 Å². The van der Waals surface area contributed by atoms with Crippen molar-refractivity contribution in [3.63, 3.8) is 0 Å². The van der Waals surface area contributed by atoms with E-state index in [0.717, 1.165) is 28.3 Å². The molecular weight excluding hydrogens is 725 g/mol. The third-order valence-corrected chi connectivity index (χ3v) is 11.8. The van der Waals surface area contributed by atoms with Crippen LogP contribution in [0.15, 0.2) is 243 Å². The maximum atomic E-state index is 2.49. The molecule has 0 spiro atoms. The Morgan fingerprint density at radius 2 is 0.833 bits per heavy atom. The third kappa shape index (κ3) is 6.32. The molecule has 1 aromatic heterocycles. The molecule has 0 radical (unpaired) electrons. The SMILES string of the molecule is c1ccc(-c2ccc(N(c3ccc4c5ccccc5n(-c5cc(-c6ccccc6)ccc5-c5ccc6ccccc6c5)c4c3)c3ccccc3-c3ccccc3)cc2)cc1. The van der Waals surface area contributed by atoms with E-state index < -0.39 is 0 Å². The highest BCUT2D eigenvalue weighted by Gasteiger charge is 2.22. The summed E-state index contributed by atoms with van der Waals surface area (Å²) in [6.45, 7) is 0. The lowest BCUT2D eigenvalue weighted by Gasteiger charge is -2.28. The monoisotopic (exact) mass is 764 g/mol. The maximum Gasteiger partial charge on any atom is 0.0562 e. The molecule has 60 heavy (non-hydrogen) atoms. The Labute approximate surface area is 350 Å². The van der Waals surface area contributed by atoms with Crippen molar-refractivity contribution < 1.29 is 0 Å². The summed E-state index contributed by atoms with van der Waals surface area (Å²) < 4.78 is 2.49. The summed E-state index contributed by atoms with van der Waals surface area (Å²) in [6, 6.07) is 88.0. The summed E-state index contributed by atoms with van der Waals surface area (Å²) in [6.07, 6.45) is 0. The number of rotatable bonds is 8. The fourth-order valence-corrected chi connectivity index (χ4v) is 8.88. The molecule has 0 aliphatic heterocycles. The van der Waals surface area contributed by atoms with Crippen LogP contribution in [0.3, 0.4) is 0 Å². The van der Waals surface area contributed by atoms with Crippen LogP contribution in [0.4, 0.5) is 17.1 Å². The summed E-state index contributed by atoms with van der Waals surface area (Å²) in [7, 11) is 0. The second kappa shape index (κ2) is 15.1. The van der Waals surface area contributed by atoms with Gasteiger partial charge in [-0.2, -0.15) is 0 Å². The average molecular weight is 765 g/mol. The zero-order valence-corrected chi connectivity index (χ0v) is 33.0. The molecule has 1 heterocycles. The number of fused-ring (bicyclic) bond motifs is 4. The van der Waals surface area contributed by atoms with Gasteiger partial charge in [0.2, 0.25) is 0 Å². The molecule has 10 aromatic carbocycles. The lowest BCUT2D eigenvalue weighted by molar-refractivity contribution is 1.18. The van der Waals surface area contributed by atoms with Crippen LogP contribution in [0, 0.1) is 0 Å². The van der Waals surface area contributed by atoms with Crippen molar-refractivity contribution in [2.75, 3.05) is 4.90 Å². The van der Waals surface area contributed by atoms with Gasteiger partial charge in [-0.05, 0) is 92.7 Å². The molecule has 0 N–H and O–H groups in total. The number of anilines is 3. The van der Waals surface area contributed by atoms with Crippen LogP contribution >= 0.6 is 0 Å². The lowest BCUT2D eigenvalue weighted by atomic mass is 9.96. The first kappa shape index (κ1) is 35.2. The van der Waals surface area contributed by atoms with Crippen molar-refractivity contribution in [1.82, 2.24) is 4.57 Å². The van der Waals surface area contributed by atoms with E-state index in [1.165, 1.54) is 71.6 Å². The van der Waals surface area contributed by atoms with Crippen molar-refractivity contribution in [2.45, 2.75) is 0 Å². The normalized spacial score (nSPS) is 11.3. The van der Waals surface area contributed by atoms with Crippen LogP contribution in [-0.2, 0) is 0 Å². The summed E-state index contributed by atoms with van der Waals surface area (Å²) in [4.78, 5) is 2.42. The van der Waals surface area contributed by atoms with Gasteiger partial charge in [0.05, 0.1) is 22.4 Å². The van der Waals surface area contributed by atoms with Gasteiger partial charge in [-0.25, -0.2) is 0 Å². The molecule has 0 fully saturated rings. The molecule has 0 amide bonds. The average Bonchev–Trinajstić information content (AvgIpc) is 3.66. The van der Waals surface area contributed by atoms with Crippen LogP contribution in [0.2, 0.25) is 0 Å². The van der Waals surface area contributed by atoms with E-state index in [9.17, 15) is 0 Å². The Morgan fingerprint density at radius 1 is 0.283 bits per heavy atom. The van der Waals surface area contributed by atoms with Crippen LogP contribution < -0.4 is 4.90 Å². The first-order valence-electron chi connectivity index (χ1n) is 20.6. The van der Waals surface area contributed by atoms with E-state index in [0.29, 0.717) is 0 Å². The predicted octanol–water partition coefficient (Wildman–Crippen LogP) is 16.1. The molecule has 11 rings (SSSR count). The molecule has 2 nitrogen and oxygen atoms in total. The second-order valence-corrected chi connectivity index (χ2v) is 15.3. The summed E-state index contributed by atoms with van der Waals surface area (Å²) in [5, 5.41) is 4.89. The highest BCUT2D eigenvalue weighted by Crippen LogP contribution is 2.45. The first-order valence-corrected chi connectivity index (χ1v) is 20.6. The fraction of sp³-hybridized carbons (Fsp3) is 0. The number of hydrogen-bond acceptors (Lipinski definition) is 1. The van der Waals surface area contributed by atoms with Crippen LogP contribution in [-0.4, -0.2) is 4.57 Å². The van der Waals surface area contributed by atoms with E-state index in [4.69, 9.17) is 0 Å². The molecular formula is C58H40N2. The lowest BCUT2D eigenvalue weighted by Crippen LogP contribution is -2.11. The molecule has 2 heteroatoms. The van der Waals surface area contributed by atoms with Gasteiger partial charge < -0.3 is 9.47 Å². The van der Waals surface area contributed by atoms with Gasteiger partial charge in [0.1, 0.15) is 0 Å². The molecule has 11 aromatic rings. The first-order chi connectivity index (χ1) is 29.8. The third-order valence-electron chi connectivity index (χ3n) is 11.8. The molecule has 0 saturated carbocycles. The summed E-state index contributed by atoms with van der Waals surface area (Å²) >= 11 is 0. The summed E-state index contributed by atoms with van der Waals surface area (Å²) in [5.41, 5.74) is 16.2. The van der Waals surface area contributed by atoms with E-state index >= 15 is 0 Å². The van der Waals surface area contributed by atoms with Crippen molar-refractivity contribution in [1.29, 1.82) is 0 Å². The van der Waals surface area contributed by atoms with Gasteiger partial charge >= 0.3 is 0 Å². The topological polar surface area (TPSA) is 8.17 Å². The van der Waals surface area contributed by atoms with Gasteiger partial charge in [0, 0.05) is 33.3 Å². The van der Waals surface area contributed by atoms with Crippen molar-refractivity contribution >= 4 is 49.6 Å². The number of benzene rings is 10. The van der Waals surface area contributed by atoms with Crippen LogP contribution in [0.5, 0.6) is 0 Å². The smallest absolute Gasteiger partial charge is 0.0562 e. The van der Waals surface area contributed by atoms with Gasteiger partial charge in [-0.15, -0.1) is 0 Å². The second-order valence-electron chi connectivity index (χ2n) is 15.3. The quantitative estimate of drug-likeness (QED) is 0.150. The van der Waals surface area contributed by atoms with Crippen LogP contribution in [0.25, 0.3) is 82.8 Å². The minimum atomic E-state index is 1.08. The van der Waals surface area contributed by atoms with E-state index in [2.05, 4.69) is 252 Å². The number of aromatic nitrogens is 1. The van der Waals surface area contributed by atoms with Gasteiger partial charge in [0.15, 0.2) is 0 Å². The highest BCUT2D eigenvalue weighted by atomic mass is 15.1. The van der Waals surface area contributed by atoms with Crippen molar-refractivity contribution in [3.05, 3.63) is 243 Å². The Morgan fingerprint density at radius 3 is 1.60 bits per heavy atom. The molecule has 0 aliphatic rings. The molecule has 0 unspecified atom stereocenters. The van der Waals surface area contributed by atoms with Crippen molar-refractivity contribution in [3.8, 4) is 50.2 Å². The minimum absolute atomic E-state index is 1.08. The van der Waals surface area contributed by atoms with Crippen molar-refractivity contribution in [2.24, 2.45) is 0 Å². The highest BCUT2D eigenvalue weighted by molar-refractivity contribution is 6.11. The molecule has 0 atom stereocenters. The number of hydrogen-bond donors (Lipinski definition) is 0. The minimum Gasteiger partial charge on any atom is -0.310 e. The number of nitrogens with zero attached hydrogens (tertiary/aromatic N) is 2. The van der Waals surface area contributed by atoms with Gasteiger partial charge in [-0.1, -0.05) is 194 Å². The molecule has 282 valence electrons. The van der Waals surface area contributed by atoms with Gasteiger partial charge in [-0.3, -0.25) is 0 Å². The van der Waals surface area contributed by atoms with E-state index in [1.807, 2.05) is 0 Å².